The number of hydrogen-bond donors (Lipinski definition) is 1. The summed E-state index contributed by atoms with van der Waals surface area (Å²) in [6.07, 6.45) is 8.83. The van der Waals surface area contributed by atoms with E-state index in [1.165, 1.54) is 12.8 Å². The van der Waals surface area contributed by atoms with Gasteiger partial charge in [-0.1, -0.05) is 12.8 Å². The zero-order chi connectivity index (χ0) is 11.8. The van der Waals surface area contributed by atoms with Crippen molar-refractivity contribution >= 4 is 0 Å². The SMILES string of the molecule is C#CCN1CCC(NC(CC)COC)CC1. The third-order valence-corrected chi connectivity index (χ3v) is 3.23. The van der Waals surface area contributed by atoms with Gasteiger partial charge in [-0.05, 0) is 19.3 Å². The first-order chi connectivity index (χ1) is 7.80. The molecule has 1 fully saturated rings. The van der Waals surface area contributed by atoms with Gasteiger partial charge in [0.05, 0.1) is 13.2 Å². The second-order valence-electron chi connectivity index (χ2n) is 4.48. The summed E-state index contributed by atoms with van der Waals surface area (Å²) in [5.74, 6) is 2.71. The van der Waals surface area contributed by atoms with Crippen LogP contribution in [-0.4, -0.2) is 50.3 Å². The zero-order valence-corrected chi connectivity index (χ0v) is 10.5. The molecule has 3 nitrogen and oxygen atoms in total. The number of nitrogens with zero attached hydrogens (tertiary/aromatic N) is 1. The number of likely N-dealkylation sites (tertiary alicyclic amines) is 1. The molecule has 1 unspecified atom stereocenters. The molecule has 0 aliphatic carbocycles. The van der Waals surface area contributed by atoms with E-state index in [0.29, 0.717) is 12.1 Å². The standard InChI is InChI=1S/C13H24N2O/c1-4-8-15-9-6-13(7-10-15)14-12(5-2)11-16-3/h1,12-14H,5-11H2,2-3H3. The Bertz CT molecular complexity index is 216. The molecule has 1 heterocycles. The highest BCUT2D eigenvalue weighted by Gasteiger charge is 2.20. The number of ether oxygens (including phenoxy) is 1. The van der Waals surface area contributed by atoms with Crippen molar-refractivity contribution in [3.63, 3.8) is 0 Å². The van der Waals surface area contributed by atoms with Gasteiger partial charge in [-0.2, -0.15) is 0 Å². The largest absolute Gasteiger partial charge is 0.383 e. The lowest BCUT2D eigenvalue weighted by atomic mass is 10.0. The first-order valence-corrected chi connectivity index (χ1v) is 6.21. The van der Waals surface area contributed by atoms with Crippen LogP contribution >= 0.6 is 0 Å². The number of methoxy groups -OCH3 is 1. The summed E-state index contributed by atoms with van der Waals surface area (Å²) in [7, 11) is 1.76. The lowest BCUT2D eigenvalue weighted by Crippen LogP contribution is -2.47. The second-order valence-corrected chi connectivity index (χ2v) is 4.48. The van der Waals surface area contributed by atoms with E-state index in [4.69, 9.17) is 11.2 Å². The van der Waals surface area contributed by atoms with Gasteiger partial charge in [0.1, 0.15) is 0 Å². The highest BCUT2D eigenvalue weighted by atomic mass is 16.5. The first-order valence-electron chi connectivity index (χ1n) is 6.21. The van der Waals surface area contributed by atoms with Gasteiger partial charge in [-0.3, -0.25) is 4.90 Å². The highest BCUT2D eigenvalue weighted by Crippen LogP contribution is 2.11. The van der Waals surface area contributed by atoms with Gasteiger partial charge in [0.15, 0.2) is 0 Å². The summed E-state index contributed by atoms with van der Waals surface area (Å²) in [6.45, 7) is 6.03. The topological polar surface area (TPSA) is 24.5 Å². The quantitative estimate of drug-likeness (QED) is 0.684. The molecule has 1 aliphatic heterocycles. The minimum absolute atomic E-state index is 0.495. The Labute approximate surface area is 99.5 Å². The Balaban J connectivity index is 2.23. The molecular weight excluding hydrogens is 200 g/mol. The van der Waals surface area contributed by atoms with Crippen LogP contribution in [0.4, 0.5) is 0 Å². The Morgan fingerprint density at radius 2 is 2.19 bits per heavy atom. The van der Waals surface area contributed by atoms with Crippen LogP contribution in [0, 0.1) is 12.3 Å². The second kappa shape index (κ2) is 7.67. The predicted molar refractivity (Wildman–Crippen MR) is 67.4 cm³/mol. The molecule has 0 amide bonds. The van der Waals surface area contributed by atoms with Crippen molar-refractivity contribution in [1.29, 1.82) is 0 Å². The normalized spacial score (nSPS) is 20.6. The van der Waals surface area contributed by atoms with Crippen LogP contribution in [-0.2, 0) is 4.74 Å². The Kier molecular flexibility index (Phi) is 6.47. The number of piperidine rings is 1. The van der Waals surface area contributed by atoms with Crippen molar-refractivity contribution in [2.75, 3.05) is 33.4 Å². The van der Waals surface area contributed by atoms with E-state index in [-0.39, 0.29) is 0 Å². The van der Waals surface area contributed by atoms with Crippen LogP contribution in [0.1, 0.15) is 26.2 Å². The maximum atomic E-state index is 5.31. The summed E-state index contributed by atoms with van der Waals surface area (Å²) in [5, 5.41) is 3.67. The van der Waals surface area contributed by atoms with Crippen LogP contribution in [0.5, 0.6) is 0 Å². The molecule has 0 spiro atoms. The Hall–Kier alpha value is -0.560. The molecule has 0 aromatic heterocycles. The van der Waals surface area contributed by atoms with Crippen molar-refractivity contribution in [3.8, 4) is 12.3 Å². The highest BCUT2D eigenvalue weighted by molar-refractivity contribution is 4.90. The average Bonchev–Trinajstić information content (AvgIpc) is 2.31. The maximum Gasteiger partial charge on any atom is 0.0615 e. The molecule has 0 aromatic rings. The molecule has 0 radical (unpaired) electrons. The molecule has 16 heavy (non-hydrogen) atoms. The van der Waals surface area contributed by atoms with Crippen LogP contribution < -0.4 is 5.32 Å². The van der Waals surface area contributed by atoms with Crippen LogP contribution in [0.25, 0.3) is 0 Å². The fourth-order valence-corrected chi connectivity index (χ4v) is 2.21. The van der Waals surface area contributed by atoms with Crippen molar-refractivity contribution in [1.82, 2.24) is 10.2 Å². The Morgan fingerprint density at radius 3 is 2.69 bits per heavy atom. The number of hydrogen-bond acceptors (Lipinski definition) is 3. The molecule has 0 bridgehead atoms. The summed E-state index contributed by atoms with van der Waals surface area (Å²) in [4.78, 5) is 2.34. The van der Waals surface area contributed by atoms with Crippen molar-refractivity contribution in [2.24, 2.45) is 0 Å². The van der Waals surface area contributed by atoms with Gasteiger partial charge >= 0.3 is 0 Å². The molecule has 1 saturated heterocycles. The monoisotopic (exact) mass is 224 g/mol. The van der Waals surface area contributed by atoms with Crippen LogP contribution in [0.15, 0.2) is 0 Å². The fourth-order valence-electron chi connectivity index (χ4n) is 2.21. The minimum atomic E-state index is 0.495. The summed E-state index contributed by atoms with van der Waals surface area (Å²) in [5.41, 5.74) is 0. The van der Waals surface area contributed by atoms with Crippen LogP contribution in [0.3, 0.4) is 0 Å². The number of nitrogens with one attached hydrogen (secondary N) is 1. The molecule has 1 rings (SSSR count). The summed E-state index contributed by atoms with van der Waals surface area (Å²) >= 11 is 0. The molecule has 92 valence electrons. The Morgan fingerprint density at radius 1 is 1.50 bits per heavy atom. The van der Waals surface area contributed by atoms with E-state index in [9.17, 15) is 0 Å². The minimum Gasteiger partial charge on any atom is -0.383 e. The van der Waals surface area contributed by atoms with E-state index in [2.05, 4.69) is 23.1 Å². The smallest absolute Gasteiger partial charge is 0.0615 e. The van der Waals surface area contributed by atoms with E-state index < -0.39 is 0 Å². The summed E-state index contributed by atoms with van der Waals surface area (Å²) < 4.78 is 5.20. The number of terminal acetylenes is 1. The van der Waals surface area contributed by atoms with E-state index in [1.807, 2.05) is 0 Å². The van der Waals surface area contributed by atoms with Gasteiger partial charge in [-0.25, -0.2) is 0 Å². The molecule has 3 heteroatoms. The summed E-state index contributed by atoms with van der Waals surface area (Å²) in [6, 6.07) is 1.13. The van der Waals surface area contributed by atoms with Crippen molar-refractivity contribution in [2.45, 2.75) is 38.3 Å². The third-order valence-electron chi connectivity index (χ3n) is 3.23. The third kappa shape index (κ3) is 4.52. The van der Waals surface area contributed by atoms with Gasteiger partial charge in [0, 0.05) is 32.3 Å². The zero-order valence-electron chi connectivity index (χ0n) is 10.5. The maximum absolute atomic E-state index is 5.31. The molecular formula is C13H24N2O. The van der Waals surface area contributed by atoms with E-state index in [0.717, 1.165) is 32.7 Å². The fraction of sp³-hybridized carbons (Fsp3) is 0.846. The van der Waals surface area contributed by atoms with E-state index in [1.54, 1.807) is 7.11 Å². The van der Waals surface area contributed by atoms with Gasteiger partial charge in [-0.15, -0.1) is 6.42 Å². The lowest BCUT2D eigenvalue weighted by molar-refractivity contribution is 0.143. The molecule has 1 N–H and O–H groups in total. The van der Waals surface area contributed by atoms with Crippen molar-refractivity contribution < 1.29 is 4.74 Å². The van der Waals surface area contributed by atoms with Crippen LogP contribution in [0.2, 0.25) is 0 Å². The van der Waals surface area contributed by atoms with E-state index >= 15 is 0 Å². The first kappa shape index (κ1) is 13.5. The van der Waals surface area contributed by atoms with Gasteiger partial charge in [0.2, 0.25) is 0 Å². The predicted octanol–water partition coefficient (Wildman–Crippen LogP) is 1.10. The molecule has 1 aliphatic rings. The van der Waals surface area contributed by atoms with Gasteiger partial charge < -0.3 is 10.1 Å². The molecule has 0 aromatic carbocycles. The lowest BCUT2D eigenvalue weighted by Gasteiger charge is -2.33. The molecule has 0 saturated carbocycles. The molecule has 1 atom stereocenters. The number of rotatable bonds is 6. The van der Waals surface area contributed by atoms with Gasteiger partial charge in [0.25, 0.3) is 0 Å². The van der Waals surface area contributed by atoms with Crippen molar-refractivity contribution in [3.05, 3.63) is 0 Å². The average molecular weight is 224 g/mol.